The van der Waals surface area contributed by atoms with Crippen LogP contribution in [0.5, 0.6) is 0 Å². The molecule has 5 heteroatoms. The molecule has 0 aromatic carbocycles. The van der Waals surface area contributed by atoms with Crippen molar-refractivity contribution in [2.75, 3.05) is 12.3 Å². The lowest BCUT2D eigenvalue weighted by Gasteiger charge is -2.38. The molecular formula is C14H28N2O2S. The van der Waals surface area contributed by atoms with E-state index in [0.717, 1.165) is 38.6 Å². The first-order valence-corrected chi connectivity index (χ1v) is 9.36. The summed E-state index contributed by atoms with van der Waals surface area (Å²) < 4.78 is 26.9. The van der Waals surface area contributed by atoms with Crippen LogP contribution in [0.4, 0.5) is 0 Å². The molecule has 0 amide bonds. The van der Waals surface area contributed by atoms with Gasteiger partial charge in [0.05, 0.1) is 5.75 Å². The summed E-state index contributed by atoms with van der Waals surface area (Å²) in [5.41, 5.74) is 0. The molecule has 0 saturated carbocycles. The maximum atomic E-state index is 12.5. The number of hydrogen-bond donors (Lipinski definition) is 1. The van der Waals surface area contributed by atoms with E-state index in [1.165, 1.54) is 12.8 Å². The summed E-state index contributed by atoms with van der Waals surface area (Å²) >= 11 is 0. The lowest BCUT2D eigenvalue weighted by atomic mass is 10.0. The molecule has 0 spiro atoms. The molecule has 0 aliphatic carbocycles. The fourth-order valence-corrected chi connectivity index (χ4v) is 5.61. The number of nitrogens with one attached hydrogen (secondary N) is 1. The summed E-state index contributed by atoms with van der Waals surface area (Å²) in [5, 5.41) is 3.43. The van der Waals surface area contributed by atoms with Crippen molar-refractivity contribution in [3.63, 3.8) is 0 Å². The maximum Gasteiger partial charge on any atom is 0.214 e. The van der Waals surface area contributed by atoms with Gasteiger partial charge in [-0.15, -0.1) is 0 Å². The van der Waals surface area contributed by atoms with Crippen LogP contribution in [-0.2, 0) is 10.0 Å². The average molecular weight is 288 g/mol. The van der Waals surface area contributed by atoms with Gasteiger partial charge in [-0.05, 0) is 52.5 Å². The lowest BCUT2D eigenvalue weighted by molar-refractivity contribution is 0.203. The van der Waals surface area contributed by atoms with Gasteiger partial charge in [-0.25, -0.2) is 8.42 Å². The van der Waals surface area contributed by atoms with Crippen molar-refractivity contribution in [1.82, 2.24) is 9.62 Å². The summed E-state index contributed by atoms with van der Waals surface area (Å²) in [7, 11) is -3.09. The minimum absolute atomic E-state index is 0.174. The van der Waals surface area contributed by atoms with Crippen molar-refractivity contribution in [2.45, 2.75) is 76.9 Å². The zero-order chi connectivity index (χ0) is 13.9. The van der Waals surface area contributed by atoms with Crippen molar-refractivity contribution in [3.8, 4) is 0 Å². The smallest absolute Gasteiger partial charge is 0.214 e. The summed E-state index contributed by atoms with van der Waals surface area (Å²) in [6.45, 7) is 5.14. The third-order valence-electron chi connectivity index (χ3n) is 4.57. The highest BCUT2D eigenvalue weighted by atomic mass is 32.2. The van der Waals surface area contributed by atoms with E-state index in [4.69, 9.17) is 0 Å². The molecule has 0 aromatic rings. The van der Waals surface area contributed by atoms with Crippen LogP contribution in [-0.4, -0.2) is 43.1 Å². The highest BCUT2D eigenvalue weighted by Gasteiger charge is 2.34. The predicted molar refractivity (Wildman–Crippen MR) is 78.7 cm³/mol. The van der Waals surface area contributed by atoms with Gasteiger partial charge in [0.1, 0.15) is 0 Å². The van der Waals surface area contributed by atoms with Crippen LogP contribution in [0.2, 0.25) is 0 Å². The van der Waals surface area contributed by atoms with Gasteiger partial charge in [0, 0.05) is 18.1 Å². The van der Waals surface area contributed by atoms with Crippen LogP contribution in [0, 0.1) is 0 Å². The minimum atomic E-state index is -3.09. The predicted octanol–water partition coefficient (Wildman–Crippen LogP) is 2.11. The number of hydrogen-bond acceptors (Lipinski definition) is 3. The summed E-state index contributed by atoms with van der Waals surface area (Å²) in [4.78, 5) is 0. The summed E-state index contributed by atoms with van der Waals surface area (Å²) in [6, 6.07) is 0.750. The Balaban J connectivity index is 1.92. The lowest BCUT2D eigenvalue weighted by Crippen LogP contribution is -2.49. The van der Waals surface area contributed by atoms with Gasteiger partial charge < -0.3 is 5.32 Å². The molecule has 3 unspecified atom stereocenters. The monoisotopic (exact) mass is 288 g/mol. The van der Waals surface area contributed by atoms with E-state index in [9.17, 15) is 8.42 Å². The Hall–Kier alpha value is -0.130. The molecule has 2 heterocycles. The molecule has 3 atom stereocenters. The summed E-state index contributed by atoms with van der Waals surface area (Å²) in [5.74, 6) is 0.305. The van der Waals surface area contributed by atoms with Crippen LogP contribution in [0.25, 0.3) is 0 Å². The van der Waals surface area contributed by atoms with Crippen molar-refractivity contribution >= 4 is 10.0 Å². The van der Waals surface area contributed by atoms with Gasteiger partial charge >= 0.3 is 0 Å². The fourth-order valence-electron chi connectivity index (χ4n) is 3.51. The molecule has 2 aliphatic heterocycles. The number of rotatable bonds is 4. The largest absolute Gasteiger partial charge is 0.314 e. The number of sulfonamides is 1. The first-order chi connectivity index (χ1) is 9.00. The molecule has 0 bridgehead atoms. The van der Waals surface area contributed by atoms with Crippen molar-refractivity contribution in [3.05, 3.63) is 0 Å². The SMILES string of the molecule is CC1CCCC(C)N1S(=O)(=O)CCC1CCCCN1. The second-order valence-corrected chi connectivity index (χ2v) is 8.20. The van der Waals surface area contributed by atoms with Crippen LogP contribution in [0.15, 0.2) is 0 Å². The van der Waals surface area contributed by atoms with Gasteiger partial charge in [0.15, 0.2) is 0 Å². The molecule has 0 aromatic heterocycles. The quantitative estimate of drug-likeness (QED) is 0.862. The molecule has 2 saturated heterocycles. The molecule has 112 valence electrons. The molecule has 1 N–H and O–H groups in total. The van der Waals surface area contributed by atoms with Crippen LogP contribution < -0.4 is 5.32 Å². The van der Waals surface area contributed by atoms with Gasteiger partial charge in [0.25, 0.3) is 0 Å². The Labute approximate surface area is 118 Å². The Bertz CT molecular complexity index is 367. The molecule has 19 heavy (non-hydrogen) atoms. The molecule has 0 radical (unpaired) electrons. The first kappa shape index (κ1) is 15.3. The van der Waals surface area contributed by atoms with Crippen LogP contribution in [0.3, 0.4) is 0 Å². The minimum Gasteiger partial charge on any atom is -0.314 e. The molecule has 2 rings (SSSR count). The Morgan fingerprint density at radius 1 is 1.05 bits per heavy atom. The fraction of sp³-hybridized carbons (Fsp3) is 1.00. The molecular weight excluding hydrogens is 260 g/mol. The van der Waals surface area contributed by atoms with Crippen molar-refractivity contribution in [1.29, 1.82) is 0 Å². The van der Waals surface area contributed by atoms with Crippen molar-refractivity contribution in [2.24, 2.45) is 0 Å². The first-order valence-electron chi connectivity index (χ1n) is 7.75. The van der Waals surface area contributed by atoms with Gasteiger partial charge in [0.2, 0.25) is 10.0 Å². The average Bonchev–Trinajstić information content (AvgIpc) is 2.37. The number of nitrogens with zero attached hydrogens (tertiary/aromatic N) is 1. The molecule has 2 fully saturated rings. The van der Waals surface area contributed by atoms with E-state index in [-0.39, 0.29) is 12.1 Å². The van der Waals surface area contributed by atoms with Gasteiger partial charge in [-0.2, -0.15) is 4.31 Å². The van der Waals surface area contributed by atoms with Crippen LogP contribution >= 0.6 is 0 Å². The zero-order valence-corrected chi connectivity index (χ0v) is 13.1. The highest BCUT2D eigenvalue weighted by Crippen LogP contribution is 2.26. The zero-order valence-electron chi connectivity index (χ0n) is 12.3. The Morgan fingerprint density at radius 3 is 2.32 bits per heavy atom. The van der Waals surface area contributed by atoms with E-state index >= 15 is 0 Å². The Morgan fingerprint density at radius 2 is 1.74 bits per heavy atom. The topological polar surface area (TPSA) is 49.4 Å². The van der Waals surface area contributed by atoms with E-state index < -0.39 is 10.0 Å². The normalized spacial score (nSPS) is 34.3. The molecule has 4 nitrogen and oxygen atoms in total. The third-order valence-corrected chi connectivity index (χ3v) is 6.68. The second kappa shape index (κ2) is 6.55. The van der Waals surface area contributed by atoms with E-state index in [0.29, 0.717) is 11.8 Å². The summed E-state index contributed by atoms with van der Waals surface area (Å²) in [6.07, 6.45) is 7.51. The standard InChI is InChI=1S/C14H28N2O2S/c1-12-6-5-7-13(2)16(12)19(17,18)11-9-14-8-3-4-10-15-14/h12-15H,3-11H2,1-2H3. The highest BCUT2D eigenvalue weighted by molar-refractivity contribution is 7.89. The van der Waals surface area contributed by atoms with Gasteiger partial charge in [-0.1, -0.05) is 12.8 Å². The van der Waals surface area contributed by atoms with E-state index in [1.54, 1.807) is 4.31 Å². The maximum absolute atomic E-state index is 12.5. The van der Waals surface area contributed by atoms with E-state index in [1.807, 2.05) is 13.8 Å². The van der Waals surface area contributed by atoms with E-state index in [2.05, 4.69) is 5.32 Å². The van der Waals surface area contributed by atoms with Gasteiger partial charge in [-0.3, -0.25) is 0 Å². The van der Waals surface area contributed by atoms with Crippen molar-refractivity contribution < 1.29 is 8.42 Å². The molecule has 2 aliphatic rings. The van der Waals surface area contributed by atoms with Crippen LogP contribution in [0.1, 0.15) is 58.8 Å². The second-order valence-electron chi connectivity index (χ2n) is 6.21. The third kappa shape index (κ3) is 3.92. The Kier molecular flexibility index (Phi) is 5.26. The number of piperidine rings is 2.